The standard InChI is InChI=1S/C16H20N2O/c1-2-4-12-8-10-18(11-12)16(19)14-5-3-6-15-13(14)7-9-17-15/h3,5-7,9,12,17H,2,4,8,10-11H2,1H3. The van der Waals surface area contributed by atoms with Gasteiger partial charge in [-0.1, -0.05) is 19.4 Å². The average Bonchev–Trinajstić information content (AvgIpc) is 3.06. The minimum absolute atomic E-state index is 0.184. The lowest BCUT2D eigenvalue weighted by atomic mass is 10.0. The SMILES string of the molecule is CCCC1CCN(C(=O)c2cccc3[nH]ccc23)C1. The second-order valence-electron chi connectivity index (χ2n) is 5.44. The highest BCUT2D eigenvalue weighted by molar-refractivity contribution is 6.06. The van der Waals surface area contributed by atoms with Gasteiger partial charge in [0.15, 0.2) is 0 Å². The van der Waals surface area contributed by atoms with E-state index in [1.54, 1.807) is 0 Å². The van der Waals surface area contributed by atoms with Crippen molar-refractivity contribution in [2.45, 2.75) is 26.2 Å². The first-order valence-corrected chi connectivity index (χ1v) is 7.15. The van der Waals surface area contributed by atoms with Gasteiger partial charge in [0, 0.05) is 35.8 Å². The van der Waals surface area contributed by atoms with Crippen molar-refractivity contribution in [1.29, 1.82) is 0 Å². The zero-order valence-electron chi connectivity index (χ0n) is 11.4. The molecule has 3 rings (SSSR count). The highest BCUT2D eigenvalue weighted by Crippen LogP contribution is 2.25. The smallest absolute Gasteiger partial charge is 0.254 e. The zero-order chi connectivity index (χ0) is 13.2. The summed E-state index contributed by atoms with van der Waals surface area (Å²) >= 11 is 0. The van der Waals surface area contributed by atoms with Gasteiger partial charge in [0.2, 0.25) is 0 Å². The van der Waals surface area contributed by atoms with Crippen LogP contribution >= 0.6 is 0 Å². The number of fused-ring (bicyclic) bond motifs is 1. The van der Waals surface area contributed by atoms with Crippen LogP contribution in [0.25, 0.3) is 10.9 Å². The van der Waals surface area contributed by atoms with Crippen LogP contribution in [0.4, 0.5) is 0 Å². The number of aromatic nitrogens is 1. The van der Waals surface area contributed by atoms with E-state index >= 15 is 0 Å². The molecular weight excluding hydrogens is 236 g/mol. The summed E-state index contributed by atoms with van der Waals surface area (Å²) in [5.41, 5.74) is 1.87. The van der Waals surface area contributed by atoms with Gasteiger partial charge in [0.25, 0.3) is 5.91 Å². The maximum absolute atomic E-state index is 12.6. The molecule has 3 heteroatoms. The molecule has 0 spiro atoms. The molecule has 0 bridgehead atoms. The van der Waals surface area contributed by atoms with Crippen LogP contribution in [-0.4, -0.2) is 28.9 Å². The van der Waals surface area contributed by atoms with Crippen LogP contribution in [0, 0.1) is 5.92 Å². The summed E-state index contributed by atoms with van der Waals surface area (Å²) in [6, 6.07) is 7.88. The minimum atomic E-state index is 0.184. The molecule has 3 nitrogen and oxygen atoms in total. The fourth-order valence-electron chi connectivity index (χ4n) is 3.10. The first kappa shape index (κ1) is 12.3. The number of carbonyl (C=O) groups is 1. The number of likely N-dealkylation sites (tertiary alicyclic amines) is 1. The summed E-state index contributed by atoms with van der Waals surface area (Å²) in [5, 5.41) is 1.03. The van der Waals surface area contributed by atoms with E-state index in [9.17, 15) is 4.79 Å². The molecule has 1 N–H and O–H groups in total. The fourth-order valence-corrected chi connectivity index (χ4v) is 3.10. The average molecular weight is 256 g/mol. The molecule has 1 aliphatic rings. The number of hydrogen-bond donors (Lipinski definition) is 1. The van der Waals surface area contributed by atoms with Crippen LogP contribution in [0.3, 0.4) is 0 Å². The van der Waals surface area contributed by atoms with Gasteiger partial charge in [-0.15, -0.1) is 0 Å². The quantitative estimate of drug-likeness (QED) is 0.897. The number of carbonyl (C=O) groups excluding carboxylic acids is 1. The third-order valence-electron chi connectivity index (χ3n) is 4.10. The molecule has 1 aliphatic heterocycles. The van der Waals surface area contributed by atoms with E-state index < -0.39 is 0 Å². The van der Waals surface area contributed by atoms with Gasteiger partial charge in [0.05, 0.1) is 0 Å². The molecule has 1 aromatic heterocycles. The van der Waals surface area contributed by atoms with Crippen molar-refractivity contribution in [1.82, 2.24) is 9.88 Å². The van der Waals surface area contributed by atoms with E-state index in [4.69, 9.17) is 0 Å². The lowest BCUT2D eigenvalue weighted by Crippen LogP contribution is -2.28. The van der Waals surface area contributed by atoms with Gasteiger partial charge < -0.3 is 9.88 Å². The van der Waals surface area contributed by atoms with E-state index in [-0.39, 0.29) is 5.91 Å². The predicted molar refractivity (Wildman–Crippen MR) is 77.2 cm³/mol. The number of H-pyrrole nitrogens is 1. The second-order valence-corrected chi connectivity index (χ2v) is 5.44. The molecule has 2 heterocycles. The van der Waals surface area contributed by atoms with Crippen LogP contribution < -0.4 is 0 Å². The first-order chi connectivity index (χ1) is 9.29. The summed E-state index contributed by atoms with van der Waals surface area (Å²) in [5.74, 6) is 0.878. The molecule has 1 atom stereocenters. The molecule has 19 heavy (non-hydrogen) atoms. The molecular formula is C16H20N2O. The van der Waals surface area contributed by atoms with Crippen LogP contribution in [0.15, 0.2) is 30.5 Å². The van der Waals surface area contributed by atoms with Crippen LogP contribution in [0.5, 0.6) is 0 Å². The summed E-state index contributed by atoms with van der Waals surface area (Å²) in [7, 11) is 0. The van der Waals surface area contributed by atoms with Gasteiger partial charge in [0.1, 0.15) is 0 Å². The summed E-state index contributed by atoms with van der Waals surface area (Å²) in [4.78, 5) is 17.8. The van der Waals surface area contributed by atoms with E-state index in [0.717, 1.165) is 36.0 Å². The van der Waals surface area contributed by atoms with Gasteiger partial charge >= 0.3 is 0 Å². The number of aromatic amines is 1. The third kappa shape index (κ3) is 2.25. The Morgan fingerprint density at radius 3 is 3.16 bits per heavy atom. The Morgan fingerprint density at radius 2 is 2.32 bits per heavy atom. The van der Waals surface area contributed by atoms with Crippen LogP contribution in [-0.2, 0) is 0 Å². The molecule has 0 saturated carbocycles. The fraction of sp³-hybridized carbons (Fsp3) is 0.438. The molecule has 1 saturated heterocycles. The minimum Gasteiger partial charge on any atom is -0.361 e. The summed E-state index contributed by atoms with van der Waals surface area (Å²) in [6.45, 7) is 4.04. The van der Waals surface area contributed by atoms with Crippen molar-refractivity contribution in [3.05, 3.63) is 36.0 Å². The zero-order valence-corrected chi connectivity index (χ0v) is 11.4. The predicted octanol–water partition coefficient (Wildman–Crippen LogP) is 3.43. The maximum atomic E-state index is 12.6. The summed E-state index contributed by atoms with van der Waals surface area (Å²) < 4.78 is 0. The first-order valence-electron chi connectivity index (χ1n) is 7.15. The normalized spacial score (nSPS) is 19.2. The number of nitrogens with one attached hydrogen (secondary N) is 1. The molecule has 2 aromatic rings. The second kappa shape index (κ2) is 5.08. The van der Waals surface area contributed by atoms with Crippen LogP contribution in [0.1, 0.15) is 36.5 Å². The van der Waals surface area contributed by atoms with Gasteiger partial charge in [-0.3, -0.25) is 4.79 Å². The Labute approximate surface area is 113 Å². The number of rotatable bonds is 3. The van der Waals surface area contributed by atoms with E-state index in [1.807, 2.05) is 35.4 Å². The Balaban J connectivity index is 1.83. The molecule has 1 fully saturated rings. The van der Waals surface area contributed by atoms with Crippen molar-refractivity contribution >= 4 is 16.8 Å². The van der Waals surface area contributed by atoms with E-state index in [1.165, 1.54) is 12.8 Å². The number of nitrogens with zero attached hydrogens (tertiary/aromatic N) is 1. The Bertz CT molecular complexity index is 587. The number of benzene rings is 1. The topological polar surface area (TPSA) is 36.1 Å². The maximum Gasteiger partial charge on any atom is 0.254 e. The molecule has 1 amide bonds. The molecule has 100 valence electrons. The number of amides is 1. The summed E-state index contributed by atoms with van der Waals surface area (Å²) in [6.07, 6.45) is 5.49. The Kier molecular flexibility index (Phi) is 3.28. The van der Waals surface area contributed by atoms with Crippen molar-refractivity contribution in [3.8, 4) is 0 Å². The number of hydrogen-bond acceptors (Lipinski definition) is 1. The third-order valence-corrected chi connectivity index (χ3v) is 4.10. The van der Waals surface area contributed by atoms with Crippen molar-refractivity contribution in [3.63, 3.8) is 0 Å². The van der Waals surface area contributed by atoms with E-state index in [0.29, 0.717) is 5.92 Å². The highest BCUT2D eigenvalue weighted by atomic mass is 16.2. The lowest BCUT2D eigenvalue weighted by molar-refractivity contribution is 0.0788. The Morgan fingerprint density at radius 1 is 1.42 bits per heavy atom. The van der Waals surface area contributed by atoms with Crippen molar-refractivity contribution in [2.75, 3.05) is 13.1 Å². The molecule has 0 radical (unpaired) electrons. The van der Waals surface area contributed by atoms with Gasteiger partial charge in [-0.25, -0.2) is 0 Å². The highest BCUT2D eigenvalue weighted by Gasteiger charge is 2.27. The molecule has 0 aliphatic carbocycles. The van der Waals surface area contributed by atoms with Crippen molar-refractivity contribution < 1.29 is 4.79 Å². The van der Waals surface area contributed by atoms with Gasteiger partial charge in [-0.2, -0.15) is 0 Å². The monoisotopic (exact) mass is 256 g/mol. The lowest BCUT2D eigenvalue weighted by Gasteiger charge is -2.17. The van der Waals surface area contributed by atoms with Gasteiger partial charge in [-0.05, 0) is 37.0 Å². The van der Waals surface area contributed by atoms with Crippen LogP contribution in [0.2, 0.25) is 0 Å². The largest absolute Gasteiger partial charge is 0.361 e. The molecule has 1 aromatic carbocycles. The Hall–Kier alpha value is -1.77. The van der Waals surface area contributed by atoms with Crippen molar-refractivity contribution in [2.24, 2.45) is 5.92 Å². The van der Waals surface area contributed by atoms with E-state index in [2.05, 4.69) is 11.9 Å². The molecule has 1 unspecified atom stereocenters.